The summed E-state index contributed by atoms with van der Waals surface area (Å²) in [5.41, 5.74) is 2.70. The van der Waals surface area contributed by atoms with Crippen molar-refractivity contribution in [1.29, 1.82) is 0 Å². The van der Waals surface area contributed by atoms with Crippen molar-refractivity contribution in [3.8, 4) is 0 Å². The zero-order valence-electron chi connectivity index (χ0n) is 20.4. The van der Waals surface area contributed by atoms with Gasteiger partial charge in [-0.2, -0.15) is 0 Å². The van der Waals surface area contributed by atoms with Crippen LogP contribution in [-0.4, -0.2) is 28.4 Å². The number of halogens is 1. The van der Waals surface area contributed by atoms with Crippen LogP contribution in [0.3, 0.4) is 0 Å². The Morgan fingerprint density at radius 1 is 1.06 bits per heavy atom. The molecular weight excluding hydrogens is 458 g/mol. The maximum atomic E-state index is 6.48. The molecule has 2 unspecified atom stereocenters. The summed E-state index contributed by atoms with van der Waals surface area (Å²) in [5.74, 6) is 1.54. The van der Waals surface area contributed by atoms with Gasteiger partial charge in [0.05, 0.1) is 0 Å². The highest BCUT2D eigenvalue weighted by atomic mass is 79.9. The Labute approximate surface area is 204 Å². The second kappa shape index (κ2) is 11.5. The van der Waals surface area contributed by atoms with E-state index in [-0.39, 0.29) is 5.41 Å². The molecule has 0 fully saturated rings. The first-order valence-corrected chi connectivity index (χ1v) is 13.0. The molecule has 0 saturated carbocycles. The fourth-order valence-corrected chi connectivity index (χ4v) is 5.60. The minimum absolute atomic E-state index is 0.0338. The Morgan fingerprint density at radius 3 is 2.41 bits per heavy atom. The second-order valence-electron chi connectivity index (χ2n) is 9.94. The summed E-state index contributed by atoms with van der Waals surface area (Å²) in [5, 5.41) is 0. The van der Waals surface area contributed by atoms with Gasteiger partial charge in [-0.05, 0) is 76.6 Å². The second-order valence-corrected chi connectivity index (χ2v) is 11.1. The highest BCUT2D eigenvalue weighted by Crippen LogP contribution is 2.48. The van der Waals surface area contributed by atoms with Crippen molar-refractivity contribution in [2.24, 2.45) is 11.3 Å². The molecule has 3 heteroatoms. The van der Waals surface area contributed by atoms with Crippen molar-refractivity contribution in [3.05, 3.63) is 83.7 Å². The lowest BCUT2D eigenvalue weighted by Crippen LogP contribution is -2.42. The van der Waals surface area contributed by atoms with Gasteiger partial charge in [0.2, 0.25) is 0 Å². The molecule has 0 bridgehead atoms. The monoisotopic (exact) mass is 497 g/mol. The van der Waals surface area contributed by atoms with Gasteiger partial charge in [-0.15, -0.1) is 0 Å². The van der Waals surface area contributed by atoms with Gasteiger partial charge in [-0.1, -0.05) is 83.6 Å². The zero-order chi connectivity index (χ0) is 23.1. The van der Waals surface area contributed by atoms with Crippen molar-refractivity contribution >= 4 is 15.9 Å². The Kier molecular flexibility index (Phi) is 9.02. The third-order valence-corrected chi connectivity index (χ3v) is 7.72. The SMILES string of the molecule is CC(C)N(CC[C@](C)(C1=C(OCc2ccccc2)C=CC(Br)C1)C1C=CC=CC1)C(C)C. The molecule has 3 rings (SSSR count). The van der Waals surface area contributed by atoms with Crippen molar-refractivity contribution in [2.75, 3.05) is 6.54 Å². The van der Waals surface area contributed by atoms with Crippen LogP contribution in [0.2, 0.25) is 0 Å². The molecule has 32 heavy (non-hydrogen) atoms. The molecule has 2 nitrogen and oxygen atoms in total. The molecule has 0 heterocycles. The van der Waals surface area contributed by atoms with Gasteiger partial charge >= 0.3 is 0 Å². The van der Waals surface area contributed by atoms with E-state index in [0.29, 0.717) is 29.4 Å². The number of benzene rings is 1. The lowest BCUT2D eigenvalue weighted by molar-refractivity contribution is 0.127. The highest BCUT2D eigenvalue weighted by molar-refractivity contribution is 9.09. The maximum Gasteiger partial charge on any atom is 0.119 e. The molecule has 0 aliphatic heterocycles. The van der Waals surface area contributed by atoms with E-state index in [1.54, 1.807) is 0 Å². The minimum atomic E-state index is 0.0338. The highest BCUT2D eigenvalue weighted by Gasteiger charge is 2.40. The summed E-state index contributed by atoms with van der Waals surface area (Å²) < 4.78 is 6.48. The molecule has 1 aromatic carbocycles. The van der Waals surface area contributed by atoms with Gasteiger partial charge in [0.1, 0.15) is 12.4 Å². The predicted octanol–water partition coefficient (Wildman–Crippen LogP) is 7.83. The van der Waals surface area contributed by atoms with Gasteiger partial charge in [-0.3, -0.25) is 4.90 Å². The number of allylic oxidation sites excluding steroid dienone is 7. The van der Waals surface area contributed by atoms with Crippen LogP contribution in [0.1, 0.15) is 59.4 Å². The van der Waals surface area contributed by atoms with Gasteiger partial charge in [0.15, 0.2) is 0 Å². The van der Waals surface area contributed by atoms with E-state index in [1.165, 1.54) is 11.1 Å². The Balaban J connectivity index is 1.93. The first kappa shape index (κ1) is 25.1. The van der Waals surface area contributed by atoms with Crippen LogP contribution in [-0.2, 0) is 11.3 Å². The fourth-order valence-electron chi connectivity index (χ4n) is 5.13. The van der Waals surface area contributed by atoms with Crippen LogP contribution < -0.4 is 0 Å². The molecule has 0 aromatic heterocycles. The number of ether oxygens (including phenoxy) is 1. The average molecular weight is 499 g/mol. The summed E-state index contributed by atoms with van der Waals surface area (Å²) in [7, 11) is 0. The quantitative estimate of drug-likeness (QED) is 0.305. The van der Waals surface area contributed by atoms with E-state index >= 15 is 0 Å². The van der Waals surface area contributed by atoms with Crippen LogP contribution in [0.5, 0.6) is 0 Å². The third kappa shape index (κ3) is 6.26. The smallest absolute Gasteiger partial charge is 0.119 e. The molecule has 0 N–H and O–H groups in total. The van der Waals surface area contributed by atoms with Crippen molar-refractivity contribution in [1.82, 2.24) is 4.90 Å². The third-order valence-electron chi connectivity index (χ3n) is 7.09. The summed E-state index contributed by atoms with van der Waals surface area (Å²) >= 11 is 3.88. The van der Waals surface area contributed by atoms with Crippen molar-refractivity contribution < 1.29 is 4.74 Å². The first-order valence-electron chi connectivity index (χ1n) is 12.1. The van der Waals surface area contributed by atoms with Crippen molar-refractivity contribution in [2.45, 2.75) is 77.4 Å². The number of nitrogens with zero attached hydrogens (tertiary/aromatic N) is 1. The van der Waals surface area contributed by atoms with E-state index in [2.05, 4.69) is 122 Å². The molecule has 2 aliphatic rings. The number of rotatable bonds is 10. The van der Waals surface area contributed by atoms with E-state index in [0.717, 1.165) is 31.6 Å². The van der Waals surface area contributed by atoms with E-state index in [9.17, 15) is 0 Å². The lowest BCUT2D eigenvalue weighted by Gasteiger charge is -2.43. The molecule has 0 radical (unpaired) electrons. The standard InChI is InChI=1S/C29H40BrNO/c1-22(2)31(23(3)4)19-18-29(5,25-14-10-7-11-15-25)27-20-26(30)16-17-28(27)32-21-24-12-8-6-9-13-24/h6-14,16-17,22-23,25-26H,15,18-21H2,1-5H3/t25?,26?,29-/m0/s1. The van der Waals surface area contributed by atoms with E-state index in [4.69, 9.17) is 4.74 Å². The molecule has 174 valence electrons. The van der Waals surface area contributed by atoms with E-state index < -0.39 is 0 Å². The molecule has 0 saturated heterocycles. The molecule has 2 aliphatic carbocycles. The van der Waals surface area contributed by atoms with Gasteiger partial charge in [0.25, 0.3) is 0 Å². The lowest BCUT2D eigenvalue weighted by atomic mass is 9.64. The zero-order valence-corrected chi connectivity index (χ0v) is 22.0. The van der Waals surface area contributed by atoms with Crippen LogP contribution in [0.4, 0.5) is 0 Å². The number of hydrogen-bond donors (Lipinski definition) is 0. The fraction of sp³-hybridized carbons (Fsp3) is 0.517. The molecular formula is C29H40BrNO. The molecule has 3 atom stereocenters. The summed E-state index contributed by atoms with van der Waals surface area (Å²) in [6.07, 6.45) is 16.8. The Morgan fingerprint density at radius 2 is 1.78 bits per heavy atom. The summed E-state index contributed by atoms with van der Waals surface area (Å²) in [6.45, 7) is 13.4. The summed E-state index contributed by atoms with van der Waals surface area (Å²) in [4.78, 5) is 2.98. The normalized spacial score (nSPS) is 22.8. The first-order chi connectivity index (χ1) is 15.3. The summed E-state index contributed by atoms with van der Waals surface area (Å²) in [6, 6.07) is 11.6. The van der Waals surface area contributed by atoms with Crippen LogP contribution >= 0.6 is 15.9 Å². The van der Waals surface area contributed by atoms with E-state index in [1.807, 2.05) is 0 Å². The Hall–Kier alpha value is -1.58. The van der Waals surface area contributed by atoms with Crippen molar-refractivity contribution in [3.63, 3.8) is 0 Å². The van der Waals surface area contributed by atoms with Gasteiger partial charge in [-0.25, -0.2) is 0 Å². The average Bonchev–Trinajstić information content (AvgIpc) is 2.79. The predicted molar refractivity (Wildman–Crippen MR) is 141 cm³/mol. The van der Waals surface area contributed by atoms with Crippen LogP contribution in [0, 0.1) is 11.3 Å². The number of alkyl halides is 1. The van der Waals surface area contributed by atoms with Gasteiger partial charge in [0, 0.05) is 22.3 Å². The van der Waals surface area contributed by atoms with Crippen LogP contribution in [0.25, 0.3) is 0 Å². The van der Waals surface area contributed by atoms with Gasteiger partial charge < -0.3 is 4.74 Å². The topological polar surface area (TPSA) is 12.5 Å². The molecule has 0 spiro atoms. The minimum Gasteiger partial charge on any atom is -0.489 e. The van der Waals surface area contributed by atoms with Crippen LogP contribution in [0.15, 0.2) is 78.1 Å². The maximum absolute atomic E-state index is 6.48. The molecule has 0 amide bonds. The number of hydrogen-bond acceptors (Lipinski definition) is 2. The molecule has 1 aromatic rings. The Bertz CT molecular complexity index is 843. The largest absolute Gasteiger partial charge is 0.489 e.